The van der Waals surface area contributed by atoms with Gasteiger partial charge in [0, 0.05) is 31.4 Å². The maximum atomic E-state index is 12.1. The lowest BCUT2D eigenvalue weighted by atomic mass is 10.2. The quantitative estimate of drug-likeness (QED) is 0.826. The lowest BCUT2D eigenvalue weighted by Gasteiger charge is -2.15. The number of aromatic nitrogens is 1. The first kappa shape index (κ1) is 11.1. The average molecular weight is 219 g/mol. The van der Waals surface area contributed by atoms with Crippen molar-refractivity contribution < 1.29 is 4.79 Å². The molecule has 0 radical (unpaired) electrons. The first-order valence-electron chi connectivity index (χ1n) is 5.70. The lowest BCUT2D eigenvalue weighted by Crippen LogP contribution is -2.27. The van der Waals surface area contributed by atoms with Crippen molar-refractivity contribution in [1.82, 2.24) is 15.2 Å². The van der Waals surface area contributed by atoms with E-state index in [9.17, 15) is 4.79 Å². The summed E-state index contributed by atoms with van der Waals surface area (Å²) in [5, 5.41) is 3.03. The molecule has 1 amide bonds. The molecule has 0 saturated carbocycles. The summed E-state index contributed by atoms with van der Waals surface area (Å²) in [7, 11) is 1.87. The molecule has 4 nitrogen and oxygen atoms in total. The van der Waals surface area contributed by atoms with E-state index in [0.717, 1.165) is 37.2 Å². The van der Waals surface area contributed by atoms with Crippen LogP contribution in [0.25, 0.3) is 0 Å². The van der Waals surface area contributed by atoms with Crippen LogP contribution in [0.2, 0.25) is 0 Å². The largest absolute Gasteiger partial charge is 0.339 e. The van der Waals surface area contributed by atoms with Gasteiger partial charge >= 0.3 is 0 Å². The van der Waals surface area contributed by atoms with Crippen LogP contribution in [0.5, 0.6) is 0 Å². The van der Waals surface area contributed by atoms with E-state index in [1.54, 1.807) is 12.3 Å². The molecule has 1 saturated heterocycles. The number of amides is 1. The van der Waals surface area contributed by atoms with E-state index in [1.165, 1.54) is 0 Å². The zero-order valence-corrected chi connectivity index (χ0v) is 9.57. The number of carbonyl (C=O) groups excluding carboxylic acids is 1. The Hall–Kier alpha value is -1.42. The van der Waals surface area contributed by atoms with E-state index < -0.39 is 0 Å². The van der Waals surface area contributed by atoms with Gasteiger partial charge in [-0.2, -0.15) is 0 Å². The molecule has 0 spiro atoms. The van der Waals surface area contributed by atoms with Crippen molar-refractivity contribution in [3.63, 3.8) is 0 Å². The molecular formula is C12H17N3O. The SMILES string of the molecule is CNCc1cc(C(=O)N2CCCC2)ccn1. The van der Waals surface area contributed by atoms with E-state index in [1.807, 2.05) is 18.0 Å². The third kappa shape index (κ3) is 2.39. The third-order valence-electron chi connectivity index (χ3n) is 2.81. The second-order valence-electron chi connectivity index (χ2n) is 4.07. The maximum Gasteiger partial charge on any atom is 0.253 e. The van der Waals surface area contributed by atoms with Gasteiger partial charge in [0.25, 0.3) is 5.91 Å². The van der Waals surface area contributed by atoms with Crippen LogP contribution < -0.4 is 5.32 Å². The molecule has 1 aromatic rings. The van der Waals surface area contributed by atoms with Crippen molar-refractivity contribution in [3.8, 4) is 0 Å². The number of nitrogens with zero attached hydrogens (tertiary/aromatic N) is 2. The van der Waals surface area contributed by atoms with Crippen molar-refractivity contribution in [3.05, 3.63) is 29.6 Å². The van der Waals surface area contributed by atoms with Gasteiger partial charge < -0.3 is 10.2 Å². The molecule has 1 aliphatic rings. The standard InChI is InChI=1S/C12H17N3O/c1-13-9-11-8-10(4-5-14-11)12(16)15-6-2-3-7-15/h4-5,8,13H,2-3,6-7,9H2,1H3. The average Bonchev–Trinajstić information content (AvgIpc) is 2.82. The molecule has 2 heterocycles. The van der Waals surface area contributed by atoms with Crippen molar-refractivity contribution in [2.45, 2.75) is 19.4 Å². The number of carbonyl (C=O) groups is 1. The Morgan fingerprint density at radius 2 is 2.25 bits per heavy atom. The Morgan fingerprint density at radius 1 is 1.50 bits per heavy atom. The Labute approximate surface area is 95.7 Å². The molecule has 16 heavy (non-hydrogen) atoms. The normalized spacial score (nSPS) is 15.4. The summed E-state index contributed by atoms with van der Waals surface area (Å²) in [4.78, 5) is 18.2. The summed E-state index contributed by atoms with van der Waals surface area (Å²) in [6.07, 6.45) is 3.95. The molecule has 0 unspecified atom stereocenters. The molecule has 0 atom stereocenters. The van der Waals surface area contributed by atoms with Crippen LogP contribution in [-0.2, 0) is 6.54 Å². The molecule has 1 aliphatic heterocycles. The summed E-state index contributed by atoms with van der Waals surface area (Å²) < 4.78 is 0. The van der Waals surface area contributed by atoms with E-state index in [2.05, 4.69) is 10.3 Å². The van der Waals surface area contributed by atoms with Gasteiger partial charge in [0.2, 0.25) is 0 Å². The van der Waals surface area contributed by atoms with Crippen LogP contribution in [0.15, 0.2) is 18.3 Å². The van der Waals surface area contributed by atoms with E-state index in [4.69, 9.17) is 0 Å². The number of likely N-dealkylation sites (tertiary alicyclic amines) is 1. The van der Waals surface area contributed by atoms with E-state index >= 15 is 0 Å². The fourth-order valence-corrected chi connectivity index (χ4v) is 1.99. The van der Waals surface area contributed by atoms with E-state index in [0.29, 0.717) is 6.54 Å². The van der Waals surface area contributed by atoms with Gasteiger partial charge in [-0.3, -0.25) is 9.78 Å². The van der Waals surface area contributed by atoms with Crippen LogP contribution in [0.3, 0.4) is 0 Å². The number of pyridine rings is 1. The van der Waals surface area contributed by atoms with Gasteiger partial charge in [-0.05, 0) is 32.0 Å². The summed E-state index contributed by atoms with van der Waals surface area (Å²) in [6, 6.07) is 3.66. The van der Waals surface area contributed by atoms with Crippen LogP contribution in [0, 0.1) is 0 Å². The van der Waals surface area contributed by atoms with Crippen LogP contribution in [0.4, 0.5) is 0 Å². The number of nitrogens with one attached hydrogen (secondary N) is 1. The number of hydrogen-bond acceptors (Lipinski definition) is 3. The molecule has 0 aromatic carbocycles. The van der Waals surface area contributed by atoms with Crippen LogP contribution in [-0.4, -0.2) is 35.9 Å². The second-order valence-corrected chi connectivity index (χ2v) is 4.07. The highest BCUT2D eigenvalue weighted by Crippen LogP contribution is 2.13. The third-order valence-corrected chi connectivity index (χ3v) is 2.81. The summed E-state index contributed by atoms with van der Waals surface area (Å²) in [5.74, 6) is 0.136. The Bertz CT molecular complexity index is 372. The minimum absolute atomic E-state index is 0.136. The van der Waals surface area contributed by atoms with Gasteiger partial charge in [-0.25, -0.2) is 0 Å². The monoisotopic (exact) mass is 219 g/mol. The Morgan fingerprint density at radius 3 is 2.94 bits per heavy atom. The van der Waals surface area contributed by atoms with Crippen LogP contribution in [0.1, 0.15) is 28.9 Å². The van der Waals surface area contributed by atoms with Gasteiger partial charge in [-0.15, -0.1) is 0 Å². The smallest absolute Gasteiger partial charge is 0.253 e. The van der Waals surface area contributed by atoms with Crippen molar-refractivity contribution in [1.29, 1.82) is 0 Å². The number of rotatable bonds is 3. The first-order chi connectivity index (χ1) is 7.81. The zero-order chi connectivity index (χ0) is 11.4. The predicted octanol–water partition coefficient (Wildman–Crippen LogP) is 1.04. The van der Waals surface area contributed by atoms with E-state index in [-0.39, 0.29) is 5.91 Å². The predicted molar refractivity (Wildman–Crippen MR) is 62.1 cm³/mol. The summed E-state index contributed by atoms with van der Waals surface area (Å²) >= 11 is 0. The Kier molecular flexibility index (Phi) is 3.51. The zero-order valence-electron chi connectivity index (χ0n) is 9.57. The fraction of sp³-hybridized carbons (Fsp3) is 0.500. The van der Waals surface area contributed by atoms with Gasteiger partial charge in [0.15, 0.2) is 0 Å². The van der Waals surface area contributed by atoms with Gasteiger partial charge in [0.05, 0.1) is 5.69 Å². The highest BCUT2D eigenvalue weighted by Gasteiger charge is 2.19. The topological polar surface area (TPSA) is 45.2 Å². The summed E-state index contributed by atoms with van der Waals surface area (Å²) in [5.41, 5.74) is 1.66. The van der Waals surface area contributed by atoms with Crippen molar-refractivity contribution in [2.24, 2.45) is 0 Å². The summed E-state index contributed by atoms with van der Waals surface area (Å²) in [6.45, 7) is 2.48. The minimum Gasteiger partial charge on any atom is -0.339 e. The molecule has 1 N–H and O–H groups in total. The molecule has 86 valence electrons. The van der Waals surface area contributed by atoms with Crippen molar-refractivity contribution >= 4 is 5.91 Å². The molecule has 2 rings (SSSR count). The van der Waals surface area contributed by atoms with Gasteiger partial charge in [-0.1, -0.05) is 0 Å². The molecule has 4 heteroatoms. The molecule has 0 bridgehead atoms. The molecular weight excluding hydrogens is 202 g/mol. The first-order valence-corrected chi connectivity index (χ1v) is 5.70. The lowest BCUT2D eigenvalue weighted by molar-refractivity contribution is 0.0792. The molecule has 1 aromatic heterocycles. The minimum atomic E-state index is 0.136. The molecule has 0 aliphatic carbocycles. The van der Waals surface area contributed by atoms with Gasteiger partial charge in [0.1, 0.15) is 0 Å². The highest BCUT2D eigenvalue weighted by atomic mass is 16.2. The fourth-order valence-electron chi connectivity index (χ4n) is 1.99. The van der Waals surface area contributed by atoms with Crippen LogP contribution >= 0.6 is 0 Å². The Balaban J connectivity index is 2.12. The molecule has 1 fully saturated rings. The van der Waals surface area contributed by atoms with Crippen molar-refractivity contribution in [2.75, 3.05) is 20.1 Å². The second kappa shape index (κ2) is 5.07. The number of hydrogen-bond donors (Lipinski definition) is 1. The highest BCUT2D eigenvalue weighted by molar-refractivity contribution is 5.94. The maximum absolute atomic E-state index is 12.1.